The van der Waals surface area contributed by atoms with Gasteiger partial charge in [0.2, 0.25) is 0 Å². The smallest absolute Gasteiger partial charge is 0.151 e. The molecule has 0 atom stereocenters. The highest BCUT2D eigenvalue weighted by molar-refractivity contribution is 5.76. The largest absolute Gasteiger partial charge is 0.245 e. The van der Waals surface area contributed by atoms with Crippen LogP contribution in [0, 0.1) is 5.82 Å². The molecule has 1 heterocycles. The zero-order valence-electron chi connectivity index (χ0n) is 9.37. The number of aryl methyl sites for hydroxylation is 1. The van der Waals surface area contributed by atoms with Crippen LogP contribution in [-0.2, 0) is 12.5 Å². The lowest BCUT2D eigenvalue weighted by Gasteiger charge is -2.18. The van der Waals surface area contributed by atoms with Crippen molar-refractivity contribution in [2.24, 2.45) is 7.05 Å². The molecule has 0 aliphatic carbocycles. The predicted molar refractivity (Wildman–Crippen MR) is 57.2 cm³/mol. The fraction of sp³-hybridized carbons (Fsp3) is 0.455. The van der Waals surface area contributed by atoms with Crippen molar-refractivity contribution in [1.82, 2.24) is 15.0 Å². The number of hydrogen-bond acceptors (Lipinski definition) is 2. The molecule has 2 aromatic rings. The van der Waals surface area contributed by atoms with Crippen molar-refractivity contribution in [1.29, 1.82) is 0 Å². The Labute approximate surface area is 87.9 Å². The Balaban J connectivity index is 2.74. The molecule has 0 spiro atoms. The first-order valence-electron chi connectivity index (χ1n) is 4.89. The maximum atomic E-state index is 13.8. The minimum absolute atomic E-state index is 0.0768. The van der Waals surface area contributed by atoms with Crippen molar-refractivity contribution in [3.63, 3.8) is 0 Å². The molecule has 0 fully saturated rings. The molecule has 0 N–H and O–H groups in total. The molecule has 0 aliphatic heterocycles. The van der Waals surface area contributed by atoms with Gasteiger partial charge in [0.05, 0.1) is 0 Å². The van der Waals surface area contributed by atoms with Crippen LogP contribution < -0.4 is 0 Å². The topological polar surface area (TPSA) is 30.7 Å². The normalized spacial score (nSPS) is 12.3. The number of benzene rings is 1. The summed E-state index contributed by atoms with van der Waals surface area (Å²) in [5.74, 6) is -0.259. The quantitative estimate of drug-likeness (QED) is 0.664. The zero-order valence-corrected chi connectivity index (χ0v) is 9.37. The summed E-state index contributed by atoms with van der Waals surface area (Å²) in [6.07, 6.45) is 0. The Morgan fingerprint density at radius 1 is 1.27 bits per heavy atom. The molecule has 0 saturated heterocycles. The van der Waals surface area contributed by atoms with E-state index in [1.54, 1.807) is 13.1 Å². The van der Waals surface area contributed by atoms with E-state index in [0.717, 1.165) is 5.56 Å². The van der Waals surface area contributed by atoms with E-state index >= 15 is 0 Å². The minimum atomic E-state index is -0.259. The maximum Gasteiger partial charge on any atom is 0.151 e. The van der Waals surface area contributed by atoms with Gasteiger partial charge in [-0.2, -0.15) is 0 Å². The molecule has 1 aromatic carbocycles. The van der Waals surface area contributed by atoms with E-state index in [1.165, 1.54) is 4.68 Å². The molecule has 0 saturated carbocycles. The highest BCUT2D eigenvalue weighted by Gasteiger charge is 2.18. The monoisotopic (exact) mass is 207 g/mol. The van der Waals surface area contributed by atoms with E-state index < -0.39 is 0 Å². The number of rotatable bonds is 0. The van der Waals surface area contributed by atoms with Gasteiger partial charge in [-0.1, -0.05) is 26.0 Å². The Hall–Kier alpha value is -1.45. The summed E-state index contributed by atoms with van der Waals surface area (Å²) < 4.78 is 15.2. The molecule has 0 amide bonds. The van der Waals surface area contributed by atoms with E-state index in [-0.39, 0.29) is 11.2 Å². The van der Waals surface area contributed by atoms with Crippen LogP contribution in [0.15, 0.2) is 12.1 Å². The van der Waals surface area contributed by atoms with Crippen molar-refractivity contribution in [2.75, 3.05) is 0 Å². The molecule has 4 heteroatoms. The average molecular weight is 207 g/mol. The van der Waals surface area contributed by atoms with Crippen LogP contribution in [-0.4, -0.2) is 15.0 Å². The third-order valence-corrected chi connectivity index (χ3v) is 2.52. The van der Waals surface area contributed by atoms with Crippen molar-refractivity contribution < 1.29 is 4.39 Å². The fourth-order valence-corrected chi connectivity index (χ4v) is 1.57. The van der Waals surface area contributed by atoms with Crippen LogP contribution in [0.1, 0.15) is 26.3 Å². The van der Waals surface area contributed by atoms with Crippen molar-refractivity contribution in [2.45, 2.75) is 26.2 Å². The number of fused-ring (bicyclic) bond motifs is 1. The lowest BCUT2D eigenvalue weighted by Crippen LogP contribution is -2.11. The molecule has 3 nitrogen and oxygen atoms in total. The zero-order chi connectivity index (χ0) is 11.2. The lowest BCUT2D eigenvalue weighted by molar-refractivity contribution is 0.574. The van der Waals surface area contributed by atoms with E-state index in [1.807, 2.05) is 26.8 Å². The van der Waals surface area contributed by atoms with Gasteiger partial charge >= 0.3 is 0 Å². The predicted octanol–water partition coefficient (Wildman–Crippen LogP) is 2.40. The number of halogens is 1. The standard InChI is InChI=1S/C11H14FN3/c1-11(2,3)7-5-8(12)10-9(6-7)13-14-15(10)4/h5-6H,1-4H3. The van der Waals surface area contributed by atoms with Gasteiger partial charge in [-0.3, -0.25) is 0 Å². The first-order chi connectivity index (χ1) is 6.89. The summed E-state index contributed by atoms with van der Waals surface area (Å²) in [5, 5.41) is 7.73. The van der Waals surface area contributed by atoms with Crippen molar-refractivity contribution in [3.8, 4) is 0 Å². The molecule has 0 radical (unpaired) electrons. The second-order valence-electron chi connectivity index (χ2n) is 4.79. The SMILES string of the molecule is Cn1nnc2cc(C(C)(C)C)cc(F)c21. The third-order valence-electron chi connectivity index (χ3n) is 2.52. The third kappa shape index (κ3) is 1.60. The molecule has 1 aromatic heterocycles. The van der Waals surface area contributed by atoms with Crippen LogP contribution in [0.4, 0.5) is 4.39 Å². The first-order valence-corrected chi connectivity index (χ1v) is 4.89. The average Bonchev–Trinajstić information content (AvgIpc) is 2.46. The Morgan fingerprint density at radius 2 is 1.93 bits per heavy atom. The molecule has 0 unspecified atom stereocenters. The fourth-order valence-electron chi connectivity index (χ4n) is 1.57. The number of nitrogens with zero attached hydrogens (tertiary/aromatic N) is 3. The molecule has 80 valence electrons. The summed E-state index contributed by atoms with van der Waals surface area (Å²) >= 11 is 0. The Kier molecular flexibility index (Phi) is 2.03. The van der Waals surface area contributed by atoms with Gasteiger partial charge in [-0.15, -0.1) is 5.10 Å². The summed E-state index contributed by atoms with van der Waals surface area (Å²) in [4.78, 5) is 0. The Bertz CT molecular complexity index is 508. The first kappa shape index (κ1) is 10.1. The Morgan fingerprint density at radius 3 is 2.53 bits per heavy atom. The van der Waals surface area contributed by atoms with Crippen LogP contribution >= 0.6 is 0 Å². The number of hydrogen-bond donors (Lipinski definition) is 0. The van der Waals surface area contributed by atoms with Gasteiger partial charge in [-0.05, 0) is 23.1 Å². The molecule has 0 aliphatic rings. The highest BCUT2D eigenvalue weighted by Crippen LogP contribution is 2.26. The summed E-state index contributed by atoms with van der Waals surface area (Å²) in [6, 6.07) is 3.46. The molecule has 0 bridgehead atoms. The van der Waals surface area contributed by atoms with Crippen molar-refractivity contribution in [3.05, 3.63) is 23.5 Å². The van der Waals surface area contributed by atoms with E-state index in [4.69, 9.17) is 0 Å². The summed E-state index contributed by atoms with van der Waals surface area (Å²) in [6.45, 7) is 6.14. The second-order valence-corrected chi connectivity index (χ2v) is 4.79. The number of aromatic nitrogens is 3. The second kappa shape index (κ2) is 3.02. The van der Waals surface area contributed by atoms with Crippen LogP contribution in [0.5, 0.6) is 0 Å². The van der Waals surface area contributed by atoms with Gasteiger partial charge in [0.15, 0.2) is 5.82 Å². The highest BCUT2D eigenvalue weighted by atomic mass is 19.1. The van der Waals surface area contributed by atoms with E-state index in [0.29, 0.717) is 11.0 Å². The van der Waals surface area contributed by atoms with Gasteiger partial charge in [-0.25, -0.2) is 9.07 Å². The van der Waals surface area contributed by atoms with E-state index in [9.17, 15) is 4.39 Å². The molecule has 15 heavy (non-hydrogen) atoms. The molecular weight excluding hydrogens is 193 g/mol. The van der Waals surface area contributed by atoms with Crippen LogP contribution in [0.2, 0.25) is 0 Å². The summed E-state index contributed by atoms with van der Waals surface area (Å²) in [7, 11) is 1.69. The van der Waals surface area contributed by atoms with Gasteiger partial charge in [0.1, 0.15) is 11.0 Å². The summed E-state index contributed by atoms with van der Waals surface area (Å²) in [5.41, 5.74) is 1.94. The molecule has 2 rings (SSSR count). The lowest BCUT2D eigenvalue weighted by atomic mass is 9.87. The van der Waals surface area contributed by atoms with Gasteiger partial charge in [0, 0.05) is 7.05 Å². The van der Waals surface area contributed by atoms with Crippen LogP contribution in [0.3, 0.4) is 0 Å². The molecular formula is C11H14FN3. The van der Waals surface area contributed by atoms with E-state index in [2.05, 4.69) is 10.3 Å². The van der Waals surface area contributed by atoms with Gasteiger partial charge in [0.25, 0.3) is 0 Å². The van der Waals surface area contributed by atoms with Gasteiger partial charge < -0.3 is 0 Å². The maximum absolute atomic E-state index is 13.8. The van der Waals surface area contributed by atoms with Crippen LogP contribution in [0.25, 0.3) is 11.0 Å². The minimum Gasteiger partial charge on any atom is -0.245 e. The van der Waals surface area contributed by atoms with Crippen molar-refractivity contribution >= 4 is 11.0 Å².